The molecule has 0 unspecified atom stereocenters. The molecule has 45 heavy (non-hydrogen) atoms. The van der Waals surface area contributed by atoms with E-state index < -0.39 is 79.9 Å². The Morgan fingerprint density at radius 2 is 1.73 bits per heavy atom. The summed E-state index contributed by atoms with van der Waals surface area (Å²) in [6, 6.07) is 3.21. The number of aromatic nitrogens is 6. The average Bonchev–Trinajstić information content (AvgIpc) is 3.72. The number of nitrogens with one attached hydrogen (secondary N) is 1. The number of hydrogen-bond donors (Lipinski definition) is 5. The fourth-order valence-electron chi connectivity index (χ4n) is 5.46. The molecule has 7 rings (SSSR count). The topological polar surface area (TPSA) is 214 Å². The third kappa shape index (κ3) is 5.70. The number of fused-ring (bicyclic) bond motifs is 5. The number of pyridine rings is 1. The molecule has 4 aromatic heterocycles. The quantitative estimate of drug-likeness (QED) is 0.148. The second-order valence-corrected chi connectivity index (χ2v) is 17.4. The van der Waals surface area contributed by atoms with Gasteiger partial charge in [-0.3, -0.25) is 32.4 Å². The van der Waals surface area contributed by atoms with Gasteiger partial charge in [0.2, 0.25) is 5.95 Å². The van der Waals surface area contributed by atoms with Crippen molar-refractivity contribution in [3.05, 3.63) is 41.2 Å². The molecule has 5 N–H and O–H groups in total. The molecule has 10 atom stereocenters. The van der Waals surface area contributed by atoms with E-state index in [1.165, 1.54) is 27.9 Å². The van der Waals surface area contributed by atoms with Crippen LogP contribution in [0.4, 0.5) is 20.4 Å². The maximum absolute atomic E-state index is 16.0. The Hall–Kier alpha value is -2.19. The lowest BCUT2D eigenvalue weighted by Crippen LogP contribution is -2.33. The normalized spacial score (nSPS) is 37.7. The number of nitrogens with zero attached hydrogens (tertiary/aromatic N) is 5. The van der Waals surface area contributed by atoms with E-state index in [1.54, 1.807) is 12.1 Å². The fraction of sp³-hybridized carbons (Fsp3) is 0.455. The molecular formula is C22H24F2N8O8P2S3. The maximum Gasteiger partial charge on any atom is 0.386 e. The number of nitrogens with two attached hydrogens (primary N) is 2. The van der Waals surface area contributed by atoms with Gasteiger partial charge in [0.1, 0.15) is 35.5 Å². The second kappa shape index (κ2) is 11.5. The van der Waals surface area contributed by atoms with Crippen molar-refractivity contribution in [3.8, 4) is 0 Å². The molecule has 3 aliphatic rings. The summed E-state index contributed by atoms with van der Waals surface area (Å²) in [6.07, 6.45) is -5.53. The molecule has 0 spiro atoms. The van der Waals surface area contributed by atoms with Crippen LogP contribution in [0.5, 0.6) is 0 Å². The van der Waals surface area contributed by atoms with Gasteiger partial charge in [0.25, 0.3) is 5.56 Å². The Morgan fingerprint density at radius 3 is 2.51 bits per heavy atom. The molecular weight excluding hydrogens is 700 g/mol. The predicted molar refractivity (Wildman–Crippen MR) is 166 cm³/mol. The summed E-state index contributed by atoms with van der Waals surface area (Å²) >= 11 is 8.99. The van der Waals surface area contributed by atoms with Crippen LogP contribution in [0.15, 0.2) is 35.6 Å². The van der Waals surface area contributed by atoms with Gasteiger partial charge >= 0.3 is 13.6 Å². The molecule has 3 saturated heterocycles. The Kier molecular flexibility index (Phi) is 8.03. The molecule has 242 valence electrons. The highest BCUT2D eigenvalue weighted by Gasteiger charge is 2.54. The summed E-state index contributed by atoms with van der Waals surface area (Å²) in [7, 11) is 0. The number of anilines is 2. The number of thioether (sulfide) groups is 1. The zero-order valence-electron chi connectivity index (χ0n) is 22.5. The van der Waals surface area contributed by atoms with Gasteiger partial charge in [0.05, 0.1) is 24.8 Å². The molecule has 0 saturated carbocycles. The summed E-state index contributed by atoms with van der Waals surface area (Å²) < 4.78 is 89.6. The van der Waals surface area contributed by atoms with E-state index in [0.717, 1.165) is 11.8 Å². The van der Waals surface area contributed by atoms with Crippen molar-refractivity contribution in [2.24, 2.45) is 0 Å². The molecule has 3 fully saturated rings. The molecule has 0 amide bonds. The van der Waals surface area contributed by atoms with Crippen LogP contribution in [-0.4, -0.2) is 78.2 Å². The van der Waals surface area contributed by atoms with Crippen molar-refractivity contribution in [2.45, 2.75) is 47.5 Å². The molecule has 0 aromatic carbocycles. The minimum Gasteiger partial charge on any atom is -0.398 e. The first kappa shape index (κ1) is 31.4. The summed E-state index contributed by atoms with van der Waals surface area (Å²) in [5.74, 6) is -0.215. The summed E-state index contributed by atoms with van der Waals surface area (Å²) in [5.41, 5.74) is 11.7. The average molecular weight is 725 g/mol. The van der Waals surface area contributed by atoms with Crippen LogP contribution >= 0.6 is 49.9 Å². The van der Waals surface area contributed by atoms with Crippen molar-refractivity contribution in [3.63, 3.8) is 0 Å². The molecule has 4 aromatic rings. The number of thiol groups is 2. The van der Waals surface area contributed by atoms with Crippen molar-refractivity contribution >= 4 is 83.7 Å². The number of rotatable bonds is 2. The van der Waals surface area contributed by atoms with Crippen LogP contribution in [0, 0.1) is 0 Å². The molecule has 2 bridgehead atoms. The van der Waals surface area contributed by atoms with Crippen LogP contribution in [0.3, 0.4) is 0 Å². The van der Waals surface area contributed by atoms with Crippen molar-refractivity contribution in [1.82, 2.24) is 29.1 Å². The van der Waals surface area contributed by atoms with Crippen LogP contribution in [0.2, 0.25) is 0 Å². The lowest BCUT2D eigenvalue weighted by Gasteiger charge is -2.26. The zero-order valence-corrected chi connectivity index (χ0v) is 26.9. The van der Waals surface area contributed by atoms with Crippen LogP contribution in [-0.2, 0) is 32.0 Å². The van der Waals surface area contributed by atoms with Crippen molar-refractivity contribution in [2.75, 3.05) is 24.7 Å². The van der Waals surface area contributed by atoms with E-state index in [-0.39, 0.29) is 17.1 Å². The first-order valence-corrected chi connectivity index (χ1v) is 19.5. The molecule has 16 nitrogen and oxygen atoms in total. The van der Waals surface area contributed by atoms with Crippen LogP contribution in [0.1, 0.15) is 11.6 Å². The minimum absolute atomic E-state index is 0.00589. The van der Waals surface area contributed by atoms with E-state index in [9.17, 15) is 13.9 Å². The predicted octanol–water partition coefficient (Wildman–Crippen LogP) is 3.41. The third-order valence-corrected chi connectivity index (χ3v) is 12.2. The number of ether oxygens (including phenoxy) is 1. The van der Waals surface area contributed by atoms with Gasteiger partial charge in [-0.05, 0) is 12.1 Å². The van der Waals surface area contributed by atoms with E-state index >= 15 is 8.78 Å². The van der Waals surface area contributed by atoms with Gasteiger partial charge in [-0.25, -0.2) is 27.9 Å². The van der Waals surface area contributed by atoms with Crippen molar-refractivity contribution < 1.29 is 40.7 Å². The van der Waals surface area contributed by atoms with Crippen LogP contribution < -0.4 is 17.0 Å². The SMILES string of the molecule is Nc1nc2c(ncn2[C@@H]2S[C@@H]3CO[P@@](=O)(S)O[C@H]4[C@H](F)[C@H](n5ccc6c(N)ccnc65)O[C@@H]4CO[P@@](=O)(S)O[C@@H]2[C@H]3F)c(=O)[nH]1. The van der Waals surface area contributed by atoms with Gasteiger partial charge in [0, 0.05) is 23.5 Å². The monoisotopic (exact) mass is 724 g/mol. The number of H-pyrrole nitrogens is 1. The lowest BCUT2D eigenvalue weighted by atomic mass is 10.1. The molecule has 0 radical (unpaired) electrons. The van der Waals surface area contributed by atoms with Crippen molar-refractivity contribution in [1.29, 1.82) is 0 Å². The lowest BCUT2D eigenvalue weighted by molar-refractivity contribution is -0.0417. The number of halogens is 2. The summed E-state index contributed by atoms with van der Waals surface area (Å²) in [4.78, 5) is 27.1. The van der Waals surface area contributed by atoms with Crippen LogP contribution in [0.25, 0.3) is 22.2 Å². The summed E-state index contributed by atoms with van der Waals surface area (Å²) in [5, 5.41) is -1.61. The number of imidazole rings is 1. The Bertz CT molecular complexity index is 1950. The van der Waals surface area contributed by atoms with E-state index in [0.29, 0.717) is 16.7 Å². The molecule has 7 heterocycles. The number of hydrogen-bond acceptors (Lipinski definition) is 14. The van der Waals surface area contributed by atoms with Gasteiger partial charge in [-0.2, -0.15) is 4.98 Å². The fourth-order valence-corrected chi connectivity index (χ4v) is 10.1. The Balaban J connectivity index is 1.21. The second-order valence-electron chi connectivity index (χ2n) is 10.3. The first-order valence-electron chi connectivity index (χ1n) is 13.2. The Morgan fingerprint density at radius 1 is 1.00 bits per heavy atom. The number of alkyl halides is 2. The van der Waals surface area contributed by atoms with Gasteiger partial charge in [0.15, 0.2) is 23.6 Å². The minimum atomic E-state index is -4.41. The van der Waals surface area contributed by atoms with E-state index in [1.807, 2.05) is 0 Å². The third-order valence-electron chi connectivity index (χ3n) is 7.49. The highest BCUT2D eigenvalue weighted by molar-refractivity contribution is 8.44. The smallest absolute Gasteiger partial charge is 0.386 e. The molecule has 23 heteroatoms. The number of nitrogen functional groups attached to an aromatic ring is 2. The first-order chi connectivity index (χ1) is 21.3. The van der Waals surface area contributed by atoms with E-state index in [2.05, 4.69) is 44.4 Å². The van der Waals surface area contributed by atoms with Gasteiger partial charge in [-0.1, -0.05) is 24.5 Å². The van der Waals surface area contributed by atoms with E-state index in [4.69, 9.17) is 34.3 Å². The molecule has 0 aliphatic carbocycles. The maximum atomic E-state index is 16.0. The highest BCUT2D eigenvalue weighted by Crippen LogP contribution is 2.62. The number of aromatic amines is 1. The largest absolute Gasteiger partial charge is 0.398 e. The Labute approximate surface area is 266 Å². The van der Waals surface area contributed by atoms with Gasteiger partial charge in [-0.15, -0.1) is 11.8 Å². The highest BCUT2D eigenvalue weighted by atomic mass is 32.7. The molecule has 3 aliphatic heterocycles. The zero-order chi connectivity index (χ0) is 31.8. The van der Waals surface area contributed by atoms with Gasteiger partial charge < -0.3 is 20.8 Å². The standard InChI is InChI=1S/C22H24F2N8O8P2S3/c23-12-11-6-37-42(35,44)39-15-10(38-20(13(15)24)31-4-2-8-9(25)1-3-27-17(8)31)5-36-41(34,43)40-16(12)21(45-11)32-7-28-14-18(32)29-22(26)30-19(14)33/h1-4,7,10-13,15-16,20-21H,5-6H2,(H2,25,27)(H,34,43)(H,35,44)(H3,26,29,30,33)/t10-,11-,12+,13+,15-,16-,20-,21-,41-,42-/m1/s1. The summed E-state index contributed by atoms with van der Waals surface area (Å²) in [6.45, 7) is -9.97.